The van der Waals surface area contributed by atoms with Crippen molar-refractivity contribution in [1.82, 2.24) is 10.6 Å². The maximum Gasteiger partial charge on any atom is 0.0965 e. The highest BCUT2D eigenvalue weighted by Gasteiger charge is 2.21. The van der Waals surface area contributed by atoms with Gasteiger partial charge >= 0.3 is 0 Å². The van der Waals surface area contributed by atoms with Crippen molar-refractivity contribution in [2.45, 2.75) is 17.8 Å². The normalized spacial score (nSPS) is 20.1. The second-order valence-electron chi connectivity index (χ2n) is 3.69. The highest BCUT2D eigenvalue weighted by atomic mass is 32.2. The predicted octanol–water partition coefficient (Wildman–Crippen LogP) is 2.46. The van der Waals surface area contributed by atoms with Gasteiger partial charge in [0.15, 0.2) is 0 Å². The average Bonchev–Trinajstić information content (AvgIpc) is 2.83. The van der Waals surface area contributed by atoms with Gasteiger partial charge in [0.2, 0.25) is 0 Å². The second kappa shape index (κ2) is 5.66. The van der Waals surface area contributed by atoms with Gasteiger partial charge in [0.05, 0.1) is 11.4 Å². The second-order valence-corrected chi connectivity index (χ2v) is 4.75. The van der Waals surface area contributed by atoms with Gasteiger partial charge < -0.3 is 10.6 Å². The van der Waals surface area contributed by atoms with Crippen LogP contribution in [-0.2, 0) is 6.42 Å². The van der Waals surface area contributed by atoms with E-state index >= 15 is 0 Å². The molecule has 1 aromatic carbocycles. The third kappa shape index (κ3) is 2.83. The topological polar surface area (TPSA) is 24.1 Å². The summed E-state index contributed by atoms with van der Waals surface area (Å²) in [7, 11) is 0. The summed E-state index contributed by atoms with van der Waals surface area (Å²) in [6.07, 6.45) is 4.77. The maximum absolute atomic E-state index is 3.74. The summed E-state index contributed by atoms with van der Waals surface area (Å²) >= 11 is 1.81. The number of hydrogen-bond donors (Lipinski definition) is 2. The van der Waals surface area contributed by atoms with E-state index in [-0.39, 0.29) is 0 Å². The van der Waals surface area contributed by atoms with Crippen LogP contribution in [0.1, 0.15) is 5.56 Å². The van der Waals surface area contributed by atoms with Gasteiger partial charge in [-0.25, -0.2) is 0 Å². The molecule has 0 aromatic heterocycles. The fraction of sp³-hybridized carbons (Fsp3) is 0.231. The first-order chi connectivity index (χ1) is 7.90. The third-order valence-corrected chi connectivity index (χ3v) is 3.60. The fourth-order valence-corrected chi connectivity index (χ4v) is 2.63. The Balaban J connectivity index is 1.99. The van der Waals surface area contributed by atoms with Crippen LogP contribution in [0.4, 0.5) is 0 Å². The summed E-state index contributed by atoms with van der Waals surface area (Å²) in [5, 5.41) is 9.13. The standard InChI is InChI=1S/C13H16N2S/c1-2-14-12(13-15-8-9-16-13)10-11-6-4-3-5-7-11/h2-9,12-15H,1,10H2. The molecule has 0 saturated heterocycles. The molecule has 1 aliphatic rings. The molecule has 0 aliphatic carbocycles. The first-order valence-corrected chi connectivity index (χ1v) is 6.32. The van der Waals surface area contributed by atoms with Crippen molar-refractivity contribution in [3.8, 4) is 0 Å². The summed E-state index contributed by atoms with van der Waals surface area (Å²) < 4.78 is 0. The molecule has 2 atom stereocenters. The number of hydrogen-bond acceptors (Lipinski definition) is 3. The van der Waals surface area contributed by atoms with E-state index in [4.69, 9.17) is 0 Å². The molecule has 2 N–H and O–H groups in total. The van der Waals surface area contributed by atoms with E-state index in [1.807, 2.05) is 24.0 Å². The molecular weight excluding hydrogens is 216 g/mol. The molecule has 2 nitrogen and oxygen atoms in total. The van der Waals surface area contributed by atoms with Crippen LogP contribution in [-0.4, -0.2) is 11.4 Å². The van der Waals surface area contributed by atoms with Gasteiger partial charge in [0.1, 0.15) is 0 Å². The Bertz CT molecular complexity index is 353. The van der Waals surface area contributed by atoms with Gasteiger partial charge in [-0.1, -0.05) is 36.9 Å². The molecule has 0 saturated carbocycles. The highest BCUT2D eigenvalue weighted by molar-refractivity contribution is 8.03. The van der Waals surface area contributed by atoms with E-state index < -0.39 is 0 Å². The van der Waals surface area contributed by atoms with Crippen molar-refractivity contribution in [1.29, 1.82) is 0 Å². The van der Waals surface area contributed by atoms with Gasteiger partial charge in [-0.15, -0.1) is 11.8 Å². The Hall–Kier alpha value is -1.35. The van der Waals surface area contributed by atoms with Crippen LogP contribution in [0, 0.1) is 0 Å². The monoisotopic (exact) mass is 232 g/mol. The summed E-state index contributed by atoms with van der Waals surface area (Å²) in [6.45, 7) is 3.74. The van der Waals surface area contributed by atoms with Gasteiger partial charge in [-0.3, -0.25) is 0 Å². The first kappa shape index (κ1) is 11.1. The molecule has 0 amide bonds. The van der Waals surface area contributed by atoms with Crippen molar-refractivity contribution in [2.24, 2.45) is 0 Å². The summed E-state index contributed by atoms with van der Waals surface area (Å²) in [5.74, 6) is 0. The SMILES string of the molecule is C=CNC(Cc1ccccc1)C1NC=CS1. The number of rotatable bonds is 5. The minimum atomic E-state index is 0.361. The minimum Gasteiger partial charge on any atom is -0.385 e. The number of thioether (sulfide) groups is 1. The van der Waals surface area contributed by atoms with E-state index in [1.54, 1.807) is 6.20 Å². The van der Waals surface area contributed by atoms with Gasteiger partial charge in [-0.2, -0.15) is 0 Å². The highest BCUT2D eigenvalue weighted by Crippen LogP contribution is 2.21. The van der Waals surface area contributed by atoms with E-state index in [1.165, 1.54) is 5.56 Å². The lowest BCUT2D eigenvalue weighted by Gasteiger charge is -2.23. The summed E-state index contributed by atoms with van der Waals surface area (Å²) in [6, 6.07) is 10.9. The van der Waals surface area contributed by atoms with E-state index in [2.05, 4.69) is 46.9 Å². The molecule has 84 valence electrons. The molecule has 0 fully saturated rings. The van der Waals surface area contributed by atoms with Crippen LogP contribution in [0.3, 0.4) is 0 Å². The predicted molar refractivity (Wildman–Crippen MR) is 70.9 cm³/mol. The van der Waals surface area contributed by atoms with Crippen LogP contribution >= 0.6 is 11.8 Å². The summed E-state index contributed by atoms with van der Waals surface area (Å²) in [5.41, 5.74) is 1.34. The Morgan fingerprint density at radius 3 is 2.88 bits per heavy atom. The Kier molecular flexibility index (Phi) is 3.94. The van der Waals surface area contributed by atoms with Crippen LogP contribution < -0.4 is 10.6 Å². The van der Waals surface area contributed by atoms with Crippen LogP contribution in [0.15, 0.2) is 54.7 Å². The molecular formula is C13H16N2S. The molecule has 2 unspecified atom stereocenters. The van der Waals surface area contributed by atoms with E-state index in [9.17, 15) is 0 Å². The van der Waals surface area contributed by atoms with Gasteiger partial charge in [-0.05, 0) is 23.6 Å². The smallest absolute Gasteiger partial charge is 0.0965 e. The Morgan fingerprint density at radius 2 is 2.25 bits per heavy atom. The molecule has 0 radical (unpaired) electrons. The molecule has 1 aliphatic heterocycles. The minimum absolute atomic E-state index is 0.361. The molecule has 3 heteroatoms. The molecule has 1 aromatic rings. The van der Waals surface area contributed by atoms with Gasteiger partial charge in [0.25, 0.3) is 0 Å². The lowest BCUT2D eigenvalue weighted by atomic mass is 10.1. The summed E-state index contributed by atoms with van der Waals surface area (Å²) in [4.78, 5) is 0. The van der Waals surface area contributed by atoms with Crippen LogP contribution in [0.25, 0.3) is 0 Å². The zero-order chi connectivity index (χ0) is 11.2. The maximum atomic E-state index is 3.74. The van der Waals surface area contributed by atoms with Crippen molar-refractivity contribution < 1.29 is 0 Å². The largest absolute Gasteiger partial charge is 0.385 e. The molecule has 0 spiro atoms. The van der Waals surface area contributed by atoms with E-state index in [0.29, 0.717) is 11.4 Å². The van der Waals surface area contributed by atoms with Crippen molar-refractivity contribution in [3.63, 3.8) is 0 Å². The quantitative estimate of drug-likeness (QED) is 0.815. The van der Waals surface area contributed by atoms with Crippen molar-refractivity contribution >= 4 is 11.8 Å². The molecule has 0 bridgehead atoms. The Labute approximate surface area is 101 Å². The number of nitrogens with one attached hydrogen (secondary N) is 2. The molecule has 1 heterocycles. The third-order valence-electron chi connectivity index (χ3n) is 2.55. The Morgan fingerprint density at radius 1 is 1.44 bits per heavy atom. The van der Waals surface area contributed by atoms with Gasteiger partial charge in [0, 0.05) is 6.20 Å². The zero-order valence-electron chi connectivity index (χ0n) is 9.10. The lowest BCUT2D eigenvalue weighted by molar-refractivity contribution is 0.533. The molecule has 16 heavy (non-hydrogen) atoms. The fourth-order valence-electron chi connectivity index (χ4n) is 1.78. The van der Waals surface area contributed by atoms with E-state index in [0.717, 1.165) is 6.42 Å². The first-order valence-electron chi connectivity index (χ1n) is 5.37. The average molecular weight is 232 g/mol. The zero-order valence-corrected chi connectivity index (χ0v) is 9.91. The van der Waals surface area contributed by atoms with Crippen molar-refractivity contribution in [3.05, 3.63) is 60.3 Å². The number of benzene rings is 1. The molecule has 2 rings (SSSR count). The van der Waals surface area contributed by atoms with Crippen molar-refractivity contribution in [2.75, 3.05) is 0 Å². The van der Waals surface area contributed by atoms with Crippen LogP contribution in [0.2, 0.25) is 0 Å². The lowest BCUT2D eigenvalue weighted by Crippen LogP contribution is -2.41. The van der Waals surface area contributed by atoms with Crippen LogP contribution in [0.5, 0.6) is 0 Å².